The number of methoxy groups -OCH3 is 1. The second-order valence-corrected chi connectivity index (χ2v) is 12.2. The minimum atomic E-state index is -0.488. The molecule has 2 aliphatic rings. The van der Waals surface area contributed by atoms with Crippen molar-refractivity contribution in [2.45, 2.75) is 19.3 Å². The zero-order valence-corrected chi connectivity index (χ0v) is 25.6. The van der Waals surface area contributed by atoms with Gasteiger partial charge in [-0.05, 0) is 85.8 Å². The van der Waals surface area contributed by atoms with Crippen molar-refractivity contribution in [3.05, 3.63) is 84.3 Å². The first-order chi connectivity index (χ1) is 21.3. The van der Waals surface area contributed by atoms with Gasteiger partial charge in [0, 0.05) is 42.1 Å². The molecule has 4 aromatic rings. The van der Waals surface area contributed by atoms with Crippen molar-refractivity contribution in [3.8, 4) is 11.5 Å². The van der Waals surface area contributed by atoms with E-state index < -0.39 is 5.82 Å². The number of rotatable bonds is 9. The SMILES string of the molecule is COc1cc2c(Nc3ccc(NC(=S)NC(=O)Cc4ccccc4)cc3F)ccnc2cc1OCC1CC2CN(C)CC2C1. The van der Waals surface area contributed by atoms with E-state index in [0.717, 1.165) is 22.8 Å². The minimum Gasteiger partial charge on any atom is -0.493 e. The number of pyridine rings is 1. The highest BCUT2D eigenvalue weighted by atomic mass is 32.1. The van der Waals surface area contributed by atoms with E-state index >= 15 is 4.39 Å². The summed E-state index contributed by atoms with van der Waals surface area (Å²) in [6.07, 6.45) is 4.27. The first-order valence-corrected chi connectivity index (χ1v) is 15.2. The third-order valence-electron chi connectivity index (χ3n) is 8.49. The summed E-state index contributed by atoms with van der Waals surface area (Å²) in [6, 6.07) is 19.5. The van der Waals surface area contributed by atoms with Crippen molar-refractivity contribution in [3.63, 3.8) is 0 Å². The van der Waals surface area contributed by atoms with Gasteiger partial charge in [0.15, 0.2) is 16.6 Å². The number of likely N-dealkylation sites (tertiary alicyclic amines) is 1. The molecule has 1 amide bonds. The first kappa shape index (κ1) is 29.8. The fourth-order valence-corrected chi connectivity index (χ4v) is 6.72. The molecule has 0 radical (unpaired) electrons. The van der Waals surface area contributed by atoms with Gasteiger partial charge in [0.05, 0.1) is 31.3 Å². The normalized spacial score (nSPS) is 19.4. The van der Waals surface area contributed by atoms with Crippen molar-refractivity contribution in [1.82, 2.24) is 15.2 Å². The van der Waals surface area contributed by atoms with Crippen LogP contribution in [-0.2, 0) is 11.2 Å². The van der Waals surface area contributed by atoms with Crippen molar-refractivity contribution in [1.29, 1.82) is 0 Å². The molecule has 1 aliphatic heterocycles. The maximum atomic E-state index is 15.2. The molecule has 2 atom stereocenters. The third kappa shape index (κ3) is 6.92. The highest BCUT2D eigenvalue weighted by molar-refractivity contribution is 7.80. The number of carbonyl (C=O) groups excluding carboxylic acids is 1. The summed E-state index contributed by atoms with van der Waals surface area (Å²) in [6.45, 7) is 3.02. The lowest BCUT2D eigenvalue weighted by atomic mass is 10.0. The van der Waals surface area contributed by atoms with Crippen LogP contribution in [0.25, 0.3) is 10.9 Å². The summed E-state index contributed by atoms with van der Waals surface area (Å²) in [5, 5.41) is 9.57. The lowest BCUT2D eigenvalue weighted by molar-refractivity contribution is -0.119. The lowest BCUT2D eigenvalue weighted by Gasteiger charge is -2.18. The van der Waals surface area contributed by atoms with Crippen LogP contribution in [-0.4, -0.2) is 54.8 Å². The molecular weight excluding hydrogens is 577 g/mol. The highest BCUT2D eigenvalue weighted by Crippen LogP contribution is 2.42. The van der Waals surface area contributed by atoms with Crippen molar-refractivity contribution in [2.24, 2.45) is 17.8 Å². The summed E-state index contributed by atoms with van der Waals surface area (Å²) in [4.78, 5) is 19.3. The minimum absolute atomic E-state index is 0.0969. The zero-order valence-electron chi connectivity index (χ0n) is 24.8. The van der Waals surface area contributed by atoms with Gasteiger partial charge in [-0.2, -0.15) is 0 Å². The summed E-state index contributed by atoms with van der Waals surface area (Å²) in [5.74, 6) is 2.61. The van der Waals surface area contributed by atoms with Crippen LogP contribution in [0, 0.1) is 23.6 Å². The zero-order chi connectivity index (χ0) is 30.6. The average molecular weight is 614 g/mol. The topological polar surface area (TPSA) is 87.8 Å². The number of anilines is 3. The number of aromatic nitrogens is 1. The number of hydrogen-bond acceptors (Lipinski definition) is 7. The van der Waals surface area contributed by atoms with E-state index in [4.69, 9.17) is 21.7 Å². The maximum absolute atomic E-state index is 15.2. The molecule has 1 aromatic heterocycles. The molecular formula is C34H36FN5O3S. The Morgan fingerprint density at radius 3 is 2.52 bits per heavy atom. The highest BCUT2D eigenvalue weighted by Gasteiger charge is 2.39. The molecule has 0 spiro atoms. The summed E-state index contributed by atoms with van der Waals surface area (Å²) >= 11 is 5.26. The fourth-order valence-electron chi connectivity index (χ4n) is 6.49. The van der Waals surface area contributed by atoms with Gasteiger partial charge in [-0.3, -0.25) is 9.78 Å². The first-order valence-electron chi connectivity index (χ1n) is 14.8. The van der Waals surface area contributed by atoms with Crippen LogP contribution >= 0.6 is 12.2 Å². The molecule has 2 heterocycles. The molecule has 10 heteroatoms. The smallest absolute Gasteiger partial charge is 0.230 e. The van der Waals surface area contributed by atoms with Gasteiger partial charge in [0.2, 0.25) is 5.91 Å². The van der Waals surface area contributed by atoms with Crippen LogP contribution in [0.3, 0.4) is 0 Å². The standard InChI is InChI=1S/C34H36FN5O3S/c1-40-18-23-12-22(13-24(23)19-40)20-43-32-17-30-26(16-31(32)42-2)28(10-11-36-30)38-29-9-8-25(15-27(29)35)37-34(44)39-33(41)14-21-6-4-3-5-7-21/h3-11,15-17,22-24H,12-14,18-20H2,1-2H3,(H,36,38)(H2,37,39,41,44). The van der Waals surface area contributed by atoms with Crippen LogP contribution in [0.15, 0.2) is 72.9 Å². The van der Waals surface area contributed by atoms with E-state index in [1.165, 1.54) is 32.0 Å². The van der Waals surface area contributed by atoms with Crippen LogP contribution in [0.1, 0.15) is 18.4 Å². The van der Waals surface area contributed by atoms with Crippen molar-refractivity contribution >= 4 is 51.2 Å². The molecule has 1 saturated carbocycles. The van der Waals surface area contributed by atoms with Gasteiger partial charge < -0.3 is 30.3 Å². The number of amides is 1. The Bertz CT molecular complexity index is 1660. The summed E-state index contributed by atoms with van der Waals surface area (Å²) < 4.78 is 27.2. The monoisotopic (exact) mass is 613 g/mol. The fraction of sp³-hybridized carbons (Fsp3) is 0.324. The van der Waals surface area contributed by atoms with E-state index in [9.17, 15) is 4.79 Å². The van der Waals surface area contributed by atoms with Crippen LogP contribution in [0.4, 0.5) is 21.5 Å². The number of thiocarbonyl (C=S) groups is 1. The Hall–Kier alpha value is -4.28. The summed E-state index contributed by atoms with van der Waals surface area (Å²) in [7, 11) is 3.82. The molecule has 8 nitrogen and oxygen atoms in total. The number of carbonyl (C=O) groups is 1. The lowest BCUT2D eigenvalue weighted by Crippen LogP contribution is -2.35. The third-order valence-corrected chi connectivity index (χ3v) is 8.69. The van der Waals surface area contributed by atoms with Crippen LogP contribution in [0.2, 0.25) is 0 Å². The molecule has 1 aliphatic carbocycles. The largest absolute Gasteiger partial charge is 0.493 e. The Kier molecular flexibility index (Phi) is 8.90. The maximum Gasteiger partial charge on any atom is 0.230 e. The molecule has 1 saturated heterocycles. The molecule has 6 rings (SSSR count). The predicted molar refractivity (Wildman–Crippen MR) is 175 cm³/mol. The van der Waals surface area contributed by atoms with Gasteiger partial charge in [0.1, 0.15) is 5.82 Å². The Morgan fingerprint density at radius 2 is 1.80 bits per heavy atom. The van der Waals surface area contributed by atoms with Gasteiger partial charge >= 0.3 is 0 Å². The second kappa shape index (κ2) is 13.2. The number of nitrogens with one attached hydrogen (secondary N) is 3. The molecule has 3 N–H and O–H groups in total. The Labute approximate surface area is 262 Å². The van der Waals surface area contributed by atoms with E-state index in [-0.39, 0.29) is 23.1 Å². The Morgan fingerprint density at radius 1 is 1.02 bits per heavy atom. The van der Waals surface area contributed by atoms with Gasteiger partial charge in [-0.1, -0.05) is 30.3 Å². The van der Waals surface area contributed by atoms with Crippen LogP contribution in [0.5, 0.6) is 11.5 Å². The van der Waals surface area contributed by atoms with E-state index in [2.05, 4.69) is 32.9 Å². The molecule has 2 unspecified atom stereocenters. The summed E-state index contributed by atoms with van der Waals surface area (Å²) in [5.41, 5.74) is 2.96. The molecule has 3 aromatic carbocycles. The second-order valence-electron chi connectivity index (χ2n) is 11.8. The van der Waals surface area contributed by atoms with Gasteiger partial charge in [-0.25, -0.2) is 4.39 Å². The van der Waals surface area contributed by atoms with Gasteiger partial charge in [0.25, 0.3) is 0 Å². The number of hydrogen-bond donors (Lipinski definition) is 3. The van der Waals surface area contributed by atoms with Gasteiger partial charge in [-0.15, -0.1) is 0 Å². The van der Waals surface area contributed by atoms with Crippen LogP contribution < -0.4 is 25.4 Å². The molecule has 2 fully saturated rings. The molecule has 44 heavy (non-hydrogen) atoms. The number of ether oxygens (including phenoxy) is 2. The van der Waals surface area contributed by atoms with E-state index in [1.807, 2.05) is 42.5 Å². The number of halogens is 1. The predicted octanol–water partition coefficient (Wildman–Crippen LogP) is 6.15. The average Bonchev–Trinajstić information content (AvgIpc) is 3.54. The quantitative estimate of drug-likeness (QED) is 0.194. The van der Waals surface area contributed by atoms with E-state index in [1.54, 1.807) is 31.5 Å². The number of nitrogens with zero attached hydrogens (tertiary/aromatic N) is 2. The van der Waals surface area contributed by atoms with Crippen molar-refractivity contribution in [2.75, 3.05) is 44.5 Å². The number of fused-ring (bicyclic) bond motifs is 2. The molecule has 228 valence electrons. The Balaban J connectivity index is 1.10. The van der Waals surface area contributed by atoms with E-state index in [0.29, 0.717) is 40.9 Å². The number of benzene rings is 3. The molecule has 0 bridgehead atoms. The van der Waals surface area contributed by atoms with Crippen molar-refractivity contribution < 1.29 is 18.7 Å².